The lowest BCUT2D eigenvalue weighted by molar-refractivity contribution is 1.21. The van der Waals surface area contributed by atoms with Crippen LogP contribution in [0.5, 0.6) is 0 Å². The Morgan fingerprint density at radius 3 is 1.49 bits per heavy atom. The van der Waals surface area contributed by atoms with Gasteiger partial charge in [0.15, 0.2) is 5.82 Å². The summed E-state index contributed by atoms with van der Waals surface area (Å²) in [5.74, 6) is 0.795. The van der Waals surface area contributed by atoms with Crippen molar-refractivity contribution in [1.29, 1.82) is 0 Å². The summed E-state index contributed by atoms with van der Waals surface area (Å²) in [5.41, 5.74) is 10.5. The van der Waals surface area contributed by atoms with Gasteiger partial charge < -0.3 is 0 Å². The van der Waals surface area contributed by atoms with Gasteiger partial charge in [-0.05, 0) is 33.0 Å². The zero-order valence-corrected chi connectivity index (χ0v) is 23.1. The summed E-state index contributed by atoms with van der Waals surface area (Å²) in [4.78, 5) is 10.6. The first-order chi connectivity index (χ1) is 19.1. The van der Waals surface area contributed by atoms with Crippen molar-refractivity contribution in [2.45, 2.75) is 13.1 Å². The van der Waals surface area contributed by atoms with E-state index in [1.54, 1.807) is 0 Å². The quantitative estimate of drug-likeness (QED) is 0.222. The van der Waals surface area contributed by atoms with Gasteiger partial charge in [-0.1, -0.05) is 147 Å². The van der Waals surface area contributed by atoms with Crippen molar-refractivity contribution in [2.75, 3.05) is 0 Å². The van der Waals surface area contributed by atoms with Crippen molar-refractivity contribution in [3.8, 4) is 56.0 Å². The molecule has 6 aromatic rings. The van der Waals surface area contributed by atoms with Gasteiger partial charge in [0.1, 0.15) is 8.07 Å². The summed E-state index contributed by atoms with van der Waals surface area (Å²) in [5, 5.41) is 2.66. The number of hydrogen-bond donors (Lipinski definition) is 0. The van der Waals surface area contributed by atoms with E-state index < -0.39 is 8.07 Å². The van der Waals surface area contributed by atoms with Gasteiger partial charge >= 0.3 is 0 Å². The molecule has 0 atom stereocenters. The van der Waals surface area contributed by atoms with Crippen LogP contribution < -0.4 is 10.5 Å². The Bertz CT molecular complexity index is 1790. The second kappa shape index (κ2) is 9.30. The molecule has 0 bridgehead atoms. The summed E-state index contributed by atoms with van der Waals surface area (Å²) < 4.78 is 0. The molecule has 5 aromatic carbocycles. The van der Waals surface area contributed by atoms with E-state index in [9.17, 15) is 0 Å². The Morgan fingerprint density at radius 2 is 0.897 bits per heavy atom. The van der Waals surface area contributed by atoms with Crippen molar-refractivity contribution in [1.82, 2.24) is 9.97 Å². The fourth-order valence-electron chi connectivity index (χ4n) is 5.77. The maximum absolute atomic E-state index is 5.30. The average Bonchev–Trinajstić information content (AvgIpc) is 3.24. The van der Waals surface area contributed by atoms with Crippen molar-refractivity contribution in [3.63, 3.8) is 0 Å². The summed E-state index contributed by atoms with van der Waals surface area (Å²) >= 11 is 0. The Morgan fingerprint density at radius 1 is 0.436 bits per heavy atom. The highest BCUT2D eigenvalue weighted by Gasteiger charge is 2.41. The number of benzene rings is 5. The average molecular weight is 517 g/mol. The van der Waals surface area contributed by atoms with Crippen LogP contribution >= 0.6 is 0 Å². The fourth-order valence-corrected chi connectivity index (χ4v) is 8.69. The molecule has 2 nitrogen and oxygen atoms in total. The van der Waals surface area contributed by atoms with Gasteiger partial charge in [-0.2, -0.15) is 0 Å². The van der Waals surface area contributed by atoms with Crippen LogP contribution in [0.3, 0.4) is 0 Å². The van der Waals surface area contributed by atoms with Crippen LogP contribution in [0.2, 0.25) is 13.1 Å². The van der Waals surface area contributed by atoms with Crippen LogP contribution in [0.15, 0.2) is 133 Å². The van der Waals surface area contributed by atoms with Gasteiger partial charge in [0.2, 0.25) is 0 Å². The van der Waals surface area contributed by atoms with Crippen LogP contribution in [0.1, 0.15) is 0 Å². The fraction of sp³-hybridized carbons (Fsp3) is 0.0556. The molecule has 7 rings (SSSR count). The standard InChI is InChI=1S/C36H28N2Si/c1-39(2)32-16-10-9-15-31(32)33-34(29-21-17-27(18-22-29)25-11-5-3-6-12-25)37-35(38-36(33)39)30-23-19-28(20-24-30)26-13-7-4-8-14-26/h3-24H,1-2H3. The molecule has 2 heterocycles. The molecule has 0 spiro atoms. The molecule has 0 radical (unpaired) electrons. The van der Waals surface area contributed by atoms with E-state index >= 15 is 0 Å². The highest BCUT2D eigenvalue weighted by Crippen LogP contribution is 2.37. The molecule has 1 aliphatic rings. The van der Waals surface area contributed by atoms with Crippen molar-refractivity contribution >= 4 is 18.6 Å². The molecule has 0 unspecified atom stereocenters. The molecule has 39 heavy (non-hydrogen) atoms. The Labute approximate surface area is 230 Å². The second-order valence-corrected chi connectivity index (χ2v) is 14.9. The highest BCUT2D eigenvalue weighted by atomic mass is 28.3. The number of nitrogens with zero attached hydrogens (tertiary/aromatic N) is 2. The first-order valence-electron chi connectivity index (χ1n) is 13.4. The van der Waals surface area contributed by atoms with Crippen LogP contribution in [-0.4, -0.2) is 18.0 Å². The van der Waals surface area contributed by atoms with Gasteiger partial charge in [-0.3, -0.25) is 0 Å². The largest absolute Gasteiger partial charge is 0.237 e. The zero-order valence-electron chi connectivity index (χ0n) is 22.1. The third-order valence-electron chi connectivity index (χ3n) is 7.89. The van der Waals surface area contributed by atoms with E-state index in [0.29, 0.717) is 0 Å². The van der Waals surface area contributed by atoms with Gasteiger partial charge in [0, 0.05) is 22.0 Å². The van der Waals surface area contributed by atoms with E-state index in [-0.39, 0.29) is 0 Å². The van der Waals surface area contributed by atoms with E-state index in [2.05, 4.69) is 140 Å². The summed E-state index contributed by atoms with van der Waals surface area (Å²) in [7, 11) is -1.99. The van der Waals surface area contributed by atoms with Crippen molar-refractivity contribution < 1.29 is 0 Å². The van der Waals surface area contributed by atoms with Crippen molar-refractivity contribution in [2.24, 2.45) is 0 Å². The van der Waals surface area contributed by atoms with E-state index in [4.69, 9.17) is 9.97 Å². The minimum Gasteiger partial charge on any atom is -0.237 e. The van der Waals surface area contributed by atoms with E-state index in [0.717, 1.165) is 22.6 Å². The molecule has 186 valence electrons. The van der Waals surface area contributed by atoms with Gasteiger partial charge in [-0.25, -0.2) is 9.97 Å². The summed E-state index contributed by atoms with van der Waals surface area (Å²) in [6, 6.07) is 47.3. The molecule has 3 heteroatoms. The SMILES string of the molecule is C[Si]1(C)c2ccccc2-c2c(-c3ccc(-c4ccccc4)cc3)nc(-c3ccc(-c4ccccc4)cc3)nc21. The topological polar surface area (TPSA) is 25.8 Å². The summed E-state index contributed by atoms with van der Waals surface area (Å²) in [6.45, 7) is 4.82. The third kappa shape index (κ3) is 4.03. The maximum Gasteiger partial charge on any atom is 0.159 e. The smallest absolute Gasteiger partial charge is 0.159 e. The predicted molar refractivity (Wildman–Crippen MR) is 166 cm³/mol. The minimum atomic E-state index is -1.99. The monoisotopic (exact) mass is 516 g/mol. The Kier molecular flexibility index (Phi) is 5.61. The molecular formula is C36H28N2Si. The van der Waals surface area contributed by atoms with Crippen LogP contribution in [0.4, 0.5) is 0 Å². The number of aromatic nitrogens is 2. The lowest BCUT2D eigenvalue weighted by Gasteiger charge is -2.19. The number of hydrogen-bond acceptors (Lipinski definition) is 2. The van der Waals surface area contributed by atoms with Gasteiger partial charge in [-0.15, -0.1) is 0 Å². The third-order valence-corrected chi connectivity index (χ3v) is 11.2. The molecule has 1 aromatic heterocycles. The van der Waals surface area contributed by atoms with Gasteiger partial charge in [0.25, 0.3) is 0 Å². The molecule has 0 fully saturated rings. The lowest BCUT2D eigenvalue weighted by Crippen LogP contribution is -2.50. The first kappa shape index (κ1) is 23.5. The minimum absolute atomic E-state index is 0.795. The van der Waals surface area contributed by atoms with Crippen LogP contribution in [0.25, 0.3) is 56.0 Å². The zero-order chi connectivity index (χ0) is 26.4. The van der Waals surface area contributed by atoms with Crippen LogP contribution in [-0.2, 0) is 0 Å². The molecule has 0 amide bonds. The molecular weight excluding hydrogens is 488 g/mol. The molecule has 1 aliphatic heterocycles. The van der Waals surface area contributed by atoms with Gasteiger partial charge in [0.05, 0.1) is 5.69 Å². The maximum atomic E-state index is 5.30. The molecule has 0 saturated carbocycles. The molecule has 0 aliphatic carbocycles. The number of rotatable bonds is 4. The molecule has 0 N–H and O–H groups in total. The normalized spacial score (nSPS) is 13.1. The first-order valence-corrected chi connectivity index (χ1v) is 16.4. The Hall–Kier alpha value is -4.60. The second-order valence-electron chi connectivity index (χ2n) is 10.7. The highest BCUT2D eigenvalue weighted by molar-refractivity contribution is 7.03. The van der Waals surface area contributed by atoms with E-state index in [1.807, 2.05) is 6.07 Å². The molecule has 0 saturated heterocycles. The van der Waals surface area contributed by atoms with Crippen LogP contribution in [0, 0.1) is 0 Å². The predicted octanol–water partition coefficient (Wildman–Crippen LogP) is 7.95. The lowest BCUT2D eigenvalue weighted by atomic mass is 9.98. The van der Waals surface area contributed by atoms with Crippen molar-refractivity contribution in [3.05, 3.63) is 133 Å². The summed E-state index contributed by atoms with van der Waals surface area (Å²) in [6.07, 6.45) is 0. The van der Waals surface area contributed by atoms with E-state index in [1.165, 1.54) is 43.9 Å². The Balaban J connectivity index is 1.39. The number of fused-ring (bicyclic) bond motifs is 3.